The minimum atomic E-state index is -0.679. The molecule has 3 aromatic rings. The van der Waals surface area contributed by atoms with E-state index >= 15 is 0 Å². The number of H-pyrrole nitrogens is 1. The smallest absolute Gasteiger partial charge is 0.354 e. The standard InChI is InChI=1S/C17H13NO6S/c1-3-24-17(22)13-7-11(20)15-12(25-13)5-4-8-14(15)10(19)6-9(18-8)16(21)23-2/h4-7H,3H2,1-2H3,(H,18,19). The van der Waals surface area contributed by atoms with Gasteiger partial charge in [0.2, 0.25) is 0 Å². The van der Waals surface area contributed by atoms with Gasteiger partial charge < -0.3 is 14.5 Å². The van der Waals surface area contributed by atoms with Crippen molar-refractivity contribution in [3.05, 3.63) is 55.3 Å². The van der Waals surface area contributed by atoms with Crippen molar-refractivity contribution in [3.63, 3.8) is 0 Å². The Kier molecular flexibility index (Phi) is 4.37. The highest BCUT2D eigenvalue weighted by molar-refractivity contribution is 7.20. The Labute approximate surface area is 144 Å². The molecule has 8 heteroatoms. The number of hydrogen-bond acceptors (Lipinski definition) is 7. The van der Waals surface area contributed by atoms with Crippen molar-refractivity contribution in [2.45, 2.75) is 6.92 Å². The SMILES string of the molecule is CCOC(=O)c1cc(=O)c2c(ccc3[nH]c(C(=O)OC)cc(=O)c32)s1. The van der Waals surface area contributed by atoms with Crippen LogP contribution < -0.4 is 10.9 Å². The average Bonchev–Trinajstić information content (AvgIpc) is 2.60. The third-order valence-electron chi connectivity index (χ3n) is 3.57. The van der Waals surface area contributed by atoms with Crippen molar-refractivity contribution in [2.24, 2.45) is 0 Å². The number of benzene rings is 1. The van der Waals surface area contributed by atoms with Gasteiger partial charge in [0.15, 0.2) is 10.9 Å². The summed E-state index contributed by atoms with van der Waals surface area (Å²) in [6.45, 7) is 1.87. The zero-order chi connectivity index (χ0) is 18.1. The highest BCUT2D eigenvalue weighted by Crippen LogP contribution is 2.25. The van der Waals surface area contributed by atoms with Gasteiger partial charge in [-0.05, 0) is 19.1 Å². The Morgan fingerprint density at radius 2 is 1.80 bits per heavy atom. The first-order chi connectivity index (χ1) is 12.0. The summed E-state index contributed by atoms with van der Waals surface area (Å²) in [5.74, 6) is -1.26. The lowest BCUT2D eigenvalue weighted by Crippen LogP contribution is -2.14. The van der Waals surface area contributed by atoms with Gasteiger partial charge >= 0.3 is 11.9 Å². The number of hydrogen-bond donors (Lipinski definition) is 1. The van der Waals surface area contributed by atoms with Crippen LogP contribution in [-0.4, -0.2) is 30.6 Å². The second-order valence-corrected chi connectivity index (χ2v) is 6.18. The molecule has 0 atom stereocenters. The summed E-state index contributed by atoms with van der Waals surface area (Å²) in [6, 6.07) is 5.45. The van der Waals surface area contributed by atoms with E-state index in [1.165, 1.54) is 7.11 Å². The summed E-state index contributed by atoms with van der Waals surface area (Å²) in [6.07, 6.45) is 0. The predicted molar refractivity (Wildman–Crippen MR) is 93.5 cm³/mol. The van der Waals surface area contributed by atoms with E-state index in [0.717, 1.165) is 23.5 Å². The number of aromatic nitrogens is 1. The fourth-order valence-electron chi connectivity index (χ4n) is 2.52. The van der Waals surface area contributed by atoms with Crippen LogP contribution in [0.2, 0.25) is 0 Å². The minimum absolute atomic E-state index is 0.00128. The fraction of sp³-hybridized carbons (Fsp3) is 0.176. The van der Waals surface area contributed by atoms with E-state index in [1.807, 2.05) is 0 Å². The van der Waals surface area contributed by atoms with Crippen molar-refractivity contribution >= 4 is 44.3 Å². The van der Waals surface area contributed by atoms with Crippen LogP contribution in [0.15, 0.2) is 33.9 Å². The Bertz CT molecular complexity index is 1130. The number of nitrogens with one attached hydrogen (secondary N) is 1. The van der Waals surface area contributed by atoms with E-state index in [0.29, 0.717) is 10.2 Å². The van der Waals surface area contributed by atoms with Crippen LogP contribution in [0.3, 0.4) is 0 Å². The maximum absolute atomic E-state index is 12.5. The topological polar surface area (TPSA) is 103 Å². The zero-order valence-electron chi connectivity index (χ0n) is 13.4. The Hall–Kier alpha value is -3.00. The van der Waals surface area contributed by atoms with Crippen LogP contribution >= 0.6 is 11.3 Å². The highest BCUT2D eigenvalue weighted by Gasteiger charge is 2.16. The van der Waals surface area contributed by atoms with Gasteiger partial charge in [-0.1, -0.05) is 0 Å². The molecule has 0 amide bonds. The van der Waals surface area contributed by atoms with Crippen molar-refractivity contribution in [2.75, 3.05) is 13.7 Å². The van der Waals surface area contributed by atoms with E-state index in [1.54, 1.807) is 19.1 Å². The quantitative estimate of drug-likeness (QED) is 0.567. The monoisotopic (exact) mass is 359 g/mol. The summed E-state index contributed by atoms with van der Waals surface area (Å²) in [7, 11) is 1.21. The lowest BCUT2D eigenvalue weighted by Gasteiger charge is -2.06. The molecule has 2 heterocycles. The van der Waals surface area contributed by atoms with Crippen molar-refractivity contribution in [1.29, 1.82) is 0 Å². The summed E-state index contributed by atoms with van der Waals surface area (Å²) in [5.41, 5.74) is -0.598. The van der Waals surface area contributed by atoms with Gasteiger partial charge in [-0.25, -0.2) is 9.59 Å². The van der Waals surface area contributed by atoms with Crippen LogP contribution in [0.4, 0.5) is 0 Å². The summed E-state index contributed by atoms with van der Waals surface area (Å²) in [5, 5.41) is 0.370. The van der Waals surface area contributed by atoms with E-state index in [2.05, 4.69) is 9.72 Å². The number of esters is 2. The number of carbonyl (C=O) groups excluding carboxylic acids is 2. The lowest BCUT2D eigenvalue weighted by molar-refractivity contribution is 0.0530. The maximum Gasteiger partial charge on any atom is 0.354 e. The highest BCUT2D eigenvalue weighted by atomic mass is 32.1. The lowest BCUT2D eigenvalue weighted by atomic mass is 10.1. The molecule has 0 bridgehead atoms. The maximum atomic E-state index is 12.5. The molecule has 0 aliphatic carbocycles. The number of ether oxygens (including phenoxy) is 2. The van der Waals surface area contributed by atoms with Crippen molar-refractivity contribution < 1.29 is 19.1 Å². The van der Waals surface area contributed by atoms with Gasteiger partial charge in [-0.3, -0.25) is 9.59 Å². The fourth-order valence-corrected chi connectivity index (χ4v) is 3.51. The number of fused-ring (bicyclic) bond motifs is 3. The third-order valence-corrected chi connectivity index (χ3v) is 4.63. The van der Waals surface area contributed by atoms with Gasteiger partial charge in [0.25, 0.3) is 0 Å². The van der Waals surface area contributed by atoms with E-state index < -0.39 is 22.8 Å². The second-order valence-electron chi connectivity index (χ2n) is 5.10. The summed E-state index contributed by atoms with van der Waals surface area (Å²) >= 11 is 1.07. The molecule has 128 valence electrons. The van der Waals surface area contributed by atoms with Crippen LogP contribution in [0, 0.1) is 0 Å². The van der Waals surface area contributed by atoms with E-state index in [4.69, 9.17) is 4.74 Å². The molecular weight excluding hydrogens is 346 g/mol. The number of methoxy groups -OCH3 is 1. The van der Waals surface area contributed by atoms with Crippen LogP contribution in [-0.2, 0) is 9.47 Å². The first-order valence-corrected chi connectivity index (χ1v) is 8.17. The molecule has 1 N–H and O–H groups in total. The van der Waals surface area contributed by atoms with E-state index in [9.17, 15) is 19.2 Å². The first kappa shape index (κ1) is 16.8. The third kappa shape index (κ3) is 2.91. The van der Waals surface area contributed by atoms with Gasteiger partial charge in [-0.2, -0.15) is 0 Å². The molecule has 0 radical (unpaired) electrons. The Morgan fingerprint density at radius 3 is 2.48 bits per heavy atom. The number of aromatic amines is 1. The van der Waals surface area contributed by atoms with Gasteiger partial charge in [0.05, 0.1) is 30.0 Å². The molecule has 2 aromatic heterocycles. The Balaban J connectivity index is 2.32. The van der Waals surface area contributed by atoms with Crippen LogP contribution in [0.1, 0.15) is 27.1 Å². The normalized spacial score (nSPS) is 10.8. The second kappa shape index (κ2) is 6.48. The molecule has 0 aliphatic rings. The number of carbonyl (C=O) groups is 2. The van der Waals surface area contributed by atoms with Gasteiger partial charge in [0.1, 0.15) is 10.6 Å². The molecule has 0 unspecified atom stereocenters. The molecular formula is C17H13NO6S. The predicted octanol–water partition coefficient (Wildman–Crippen LogP) is 2.07. The van der Waals surface area contributed by atoms with Gasteiger partial charge in [0, 0.05) is 16.8 Å². The summed E-state index contributed by atoms with van der Waals surface area (Å²) in [4.78, 5) is 51.4. The van der Waals surface area contributed by atoms with Crippen LogP contribution in [0.5, 0.6) is 0 Å². The molecule has 3 rings (SSSR count). The molecule has 1 aromatic carbocycles. The molecule has 0 fully saturated rings. The van der Waals surface area contributed by atoms with Crippen molar-refractivity contribution in [1.82, 2.24) is 4.98 Å². The Morgan fingerprint density at radius 1 is 1.08 bits per heavy atom. The number of pyridine rings is 1. The first-order valence-electron chi connectivity index (χ1n) is 7.35. The van der Waals surface area contributed by atoms with Crippen LogP contribution in [0.25, 0.3) is 21.0 Å². The average molecular weight is 359 g/mol. The molecule has 0 aliphatic heterocycles. The molecule has 0 saturated carbocycles. The zero-order valence-corrected chi connectivity index (χ0v) is 14.2. The largest absolute Gasteiger partial charge is 0.464 e. The van der Waals surface area contributed by atoms with Gasteiger partial charge in [-0.15, -0.1) is 11.3 Å². The molecule has 25 heavy (non-hydrogen) atoms. The minimum Gasteiger partial charge on any atom is -0.464 e. The number of rotatable bonds is 3. The molecule has 0 saturated heterocycles. The van der Waals surface area contributed by atoms with E-state index in [-0.39, 0.29) is 28.0 Å². The molecule has 7 nitrogen and oxygen atoms in total. The molecule has 0 spiro atoms. The van der Waals surface area contributed by atoms with Crippen molar-refractivity contribution in [3.8, 4) is 0 Å². The summed E-state index contributed by atoms with van der Waals surface area (Å²) < 4.78 is 9.99.